The van der Waals surface area contributed by atoms with E-state index in [0.717, 1.165) is 10.0 Å². The lowest BCUT2D eigenvalue weighted by Crippen LogP contribution is -2.08. The lowest BCUT2D eigenvalue weighted by molar-refractivity contribution is 0.209. The Morgan fingerprint density at radius 1 is 1.58 bits per heavy atom. The van der Waals surface area contributed by atoms with E-state index in [1.807, 2.05) is 13.0 Å². The van der Waals surface area contributed by atoms with Gasteiger partial charge in [-0.15, -0.1) is 0 Å². The van der Waals surface area contributed by atoms with Crippen LogP contribution in [0.5, 0.6) is 0 Å². The zero-order valence-electron chi connectivity index (χ0n) is 6.47. The van der Waals surface area contributed by atoms with Crippen molar-refractivity contribution in [3.63, 3.8) is 0 Å². The van der Waals surface area contributed by atoms with E-state index in [2.05, 4.69) is 21.2 Å². The number of carboxylic acid groups (broad SMARTS) is 1. The van der Waals surface area contributed by atoms with Crippen molar-refractivity contribution in [2.75, 3.05) is 5.32 Å². The van der Waals surface area contributed by atoms with Crippen LogP contribution in [0, 0.1) is 6.92 Å². The number of carbonyl (C=O) groups is 1. The maximum Gasteiger partial charge on any atom is 0.409 e. The van der Waals surface area contributed by atoms with E-state index >= 15 is 0 Å². The van der Waals surface area contributed by atoms with E-state index in [-0.39, 0.29) is 0 Å². The summed E-state index contributed by atoms with van der Waals surface area (Å²) in [6.07, 6.45) is -1.05. The highest BCUT2D eigenvalue weighted by Crippen LogP contribution is 2.23. The Hall–Kier alpha value is -1.03. The first kappa shape index (κ1) is 9.06. The molecule has 0 atom stereocenters. The van der Waals surface area contributed by atoms with Crippen molar-refractivity contribution in [1.82, 2.24) is 0 Å². The van der Waals surface area contributed by atoms with Gasteiger partial charge in [0.15, 0.2) is 0 Å². The Morgan fingerprint density at radius 2 is 2.25 bits per heavy atom. The van der Waals surface area contributed by atoms with Crippen molar-refractivity contribution in [2.24, 2.45) is 0 Å². The molecule has 2 N–H and O–H groups in total. The van der Waals surface area contributed by atoms with Gasteiger partial charge in [-0.05, 0) is 24.6 Å². The molecule has 1 aromatic rings. The molecule has 0 aliphatic heterocycles. The van der Waals surface area contributed by atoms with Gasteiger partial charge in [0.05, 0.1) is 0 Å². The van der Waals surface area contributed by atoms with E-state index in [1.165, 1.54) is 0 Å². The molecule has 0 spiro atoms. The SMILES string of the molecule is Cc1c(Br)cccc1NC(=O)O. The van der Waals surface area contributed by atoms with Crippen LogP contribution in [-0.4, -0.2) is 11.2 Å². The molecule has 12 heavy (non-hydrogen) atoms. The van der Waals surface area contributed by atoms with Gasteiger partial charge in [-0.3, -0.25) is 5.32 Å². The Balaban J connectivity index is 3.00. The third-order valence-corrected chi connectivity index (χ3v) is 2.37. The fourth-order valence-corrected chi connectivity index (χ4v) is 1.22. The predicted octanol–water partition coefficient (Wildman–Crippen LogP) is 2.85. The average molecular weight is 230 g/mol. The first-order valence-electron chi connectivity index (χ1n) is 3.36. The van der Waals surface area contributed by atoms with E-state index in [9.17, 15) is 4.79 Å². The number of benzene rings is 1. The van der Waals surface area contributed by atoms with Gasteiger partial charge in [-0.1, -0.05) is 22.0 Å². The summed E-state index contributed by atoms with van der Waals surface area (Å²) < 4.78 is 0.897. The highest BCUT2D eigenvalue weighted by Gasteiger charge is 2.03. The van der Waals surface area contributed by atoms with Crippen LogP contribution in [0.4, 0.5) is 10.5 Å². The Bertz CT molecular complexity index is 312. The second kappa shape index (κ2) is 3.58. The molecule has 1 rings (SSSR count). The molecule has 0 unspecified atom stereocenters. The standard InChI is InChI=1S/C8H8BrNO2/c1-5-6(9)3-2-4-7(5)10-8(11)12/h2-4,10H,1H3,(H,11,12). The summed E-state index contributed by atoms with van der Waals surface area (Å²) in [5.41, 5.74) is 1.50. The molecule has 0 aliphatic carbocycles. The molecule has 0 fully saturated rings. The summed E-state index contributed by atoms with van der Waals surface area (Å²) in [6, 6.07) is 5.36. The summed E-state index contributed by atoms with van der Waals surface area (Å²) in [6.45, 7) is 1.84. The van der Waals surface area contributed by atoms with Crippen molar-refractivity contribution >= 4 is 27.7 Å². The number of nitrogens with one attached hydrogen (secondary N) is 1. The van der Waals surface area contributed by atoms with E-state index in [1.54, 1.807) is 12.1 Å². The topological polar surface area (TPSA) is 49.3 Å². The summed E-state index contributed by atoms with van der Waals surface area (Å²) in [5.74, 6) is 0. The number of halogens is 1. The molecule has 0 heterocycles. The molecule has 0 saturated heterocycles. The molecule has 1 amide bonds. The fraction of sp³-hybridized carbons (Fsp3) is 0.125. The van der Waals surface area contributed by atoms with Gasteiger partial charge in [0.1, 0.15) is 0 Å². The lowest BCUT2D eigenvalue weighted by Gasteiger charge is -2.05. The minimum Gasteiger partial charge on any atom is -0.465 e. The fourth-order valence-electron chi connectivity index (χ4n) is 0.858. The zero-order chi connectivity index (χ0) is 9.14. The Labute approximate surface area is 78.5 Å². The largest absolute Gasteiger partial charge is 0.465 e. The summed E-state index contributed by atoms with van der Waals surface area (Å²) in [5, 5.41) is 10.8. The van der Waals surface area contributed by atoms with Crippen LogP contribution in [0.25, 0.3) is 0 Å². The van der Waals surface area contributed by atoms with Gasteiger partial charge in [-0.2, -0.15) is 0 Å². The molecule has 0 aromatic heterocycles. The van der Waals surface area contributed by atoms with Crippen molar-refractivity contribution in [3.05, 3.63) is 28.2 Å². The van der Waals surface area contributed by atoms with Gasteiger partial charge in [0.2, 0.25) is 0 Å². The highest BCUT2D eigenvalue weighted by molar-refractivity contribution is 9.10. The Kier molecular flexibility index (Phi) is 2.70. The molecular weight excluding hydrogens is 222 g/mol. The van der Waals surface area contributed by atoms with Crippen LogP contribution in [-0.2, 0) is 0 Å². The smallest absolute Gasteiger partial charge is 0.409 e. The van der Waals surface area contributed by atoms with Gasteiger partial charge in [-0.25, -0.2) is 4.79 Å². The average Bonchev–Trinajstić information content (AvgIpc) is 1.98. The number of hydrogen-bond donors (Lipinski definition) is 2. The van der Waals surface area contributed by atoms with Gasteiger partial charge in [0.25, 0.3) is 0 Å². The quantitative estimate of drug-likeness (QED) is 0.779. The Morgan fingerprint density at radius 3 is 2.83 bits per heavy atom. The molecule has 4 heteroatoms. The first-order chi connectivity index (χ1) is 5.61. The van der Waals surface area contributed by atoms with Crippen LogP contribution >= 0.6 is 15.9 Å². The predicted molar refractivity (Wildman–Crippen MR) is 50.5 cm³/mol. The molecule has 0 radical (unpaired) electrons. The van der Waals surface area contributed by atoms with Crippen molar-refractivity contribution < 1.29 is 9.90 Å². The normalized spacial score (nSPS) is 9.50. The number of hydrogen-bond acceptors (Lipinski definition) is 1. The number of rotatable bonds is 1. The lowest BCUT2D eigenvalue weighted by atomic mass is 10.2. The molecule has 1 aromatic carbocycles. The maximum atomic E-state index is 10.3. The van der Waals surface area contributed by atoms with Crippen LogP contribution < -0.4 is 5.32 Å². The zero-order valence-corrected chi connectivity index (χ0v) is 8.05. The second-order valence-electron chi connectivity index (χ2n) is 2.34. The third kappa shape index (κ3) is 1.98. The van der Waals surface area contributed by atoms with Crippen LogP contribution in [0.3, 0.4) is 0 Å². The summed E-state index contributed by atoms with van der Waals surface area (Å²) in [7, 11) is 0. The monoisotopic (exact) mass is 229 g/mol. The summed E-state index contributed by atoms with van der Waals surface area (Å²) >= 11 is 3.30. The van der Waals surface area contributed by atoms with Gasteiger partial charge >= 0.3 is 6.09 Å². The van der Waals surface area contributed by atoms with Gasteiger partial charge in [0, 0.05) is 10.2 Å². The minimum absolute atomic E-state index is 0.608. The van der Waals surface area contributed by atoms with Crippen LogP contribution in [0.15, 0.2) is 22.7 Å². The van der Waals surface area contributed by atoms with E-state index < -0.39 is 6.09 Å². The van der Waals surface area contributed by atoms with E-state index in [0.29, 0.717) is 5.69 Å². The van der Waals surface area contributed by atoms with Crippen molar-refractivity contribution in [2.45, 2.75) is 6.92 Å². The van der Waals surface area contributed by atoms with Gasteiger partial charge < -0.3 is 5.11 Å². The first-order valence-corrected chi connectivity index (χ1v) is 4.15. The van der Waals surface area contributed by atoms with Crippen LogP contribution in [0.1, 0.15) is 5.56 Å². The number of amides is 1. The molecule has 3 nitrogen and oxygen atoms in total. The molecule has 0 saturated carbocycles. The molecular formula is C8H8BrNO2. The van der Waals surface area contributed by atoms with Crippen LogP contribution in [0.2, 0.25) is 0 Å². The third-order valence-electron chi connectivity index (χ3n) is 1.51. The molecule has 64 valence electrons. The van der Waals surface area contributed by atoms with Crippen molar-refractivity contribution in [3.8, 4) is 0 Å². The number of anilines is 1. The highest BCUT2D eigenvalue weighted by atomic mass is 79.9. The summed E-state index contributed by atoms with van der Waals surface area (Å²) in [4.78, 5) is 10.3. The maximum absolute atomic E-state index is 10.3. The van der Waals surface area contributed by atoms with E-state index in [4.69, 9.17) is 5.11 Å². The van der Waals surface area contributed by atoms with Crippen molar-refractivity contribution in [1.29, 1.82) is 0 Å². The minimum atomic E-state index is -1.05. The second-order valence-corrected chi connectivity index (χ2v) is 3.20. The molecule has 0 bridgehead atoms. The molecule has 0 aliphatic rings.